The number of nitrogens with one attached hydrogen (secondary N) is 1. The Kier molecular flexibility index (Phi) is 6.80. The fourth-order valence-electron chi connectivity index (χ4n) is 4.06. The number of rotatable bonds is 8. The number of carbonyl (C=O) groups is 1. The first-order valence-corrected chi connectivity index (χ1v) is 11.7. The van der Waals surface area contributed by atoms with Crippen LogP contribution in [0.1, 0.15) is 16.7 Å². The highest BCUT2D eigenvalue weighted by atomic mass is 16.6. The average Bonchev–Trinajstić information content (AvgIpc) is 3.34. The molecule has 2 aromatic heterocycles. The number of aromatic nitrogens is 3. The molecule has 8 heteroatoms. The average molecular weight is 490 g/mol. The third kappa shape index (κ3) is 5.76. The highest BCUT2D eigenvalue weighted by molar-refractivity contribution is 5.93. The van der Waals surface area contributed by atoms with E-state index in [0.29, 0.717) is 22.5 Å². The predicted molar refractivity (Wildman–Crippen MR) is 141 cm³/mol. The molecule has 0 spiro atoms. The largest absolute Gasteiger partial charge is 0.326 e. The van der Waals surface area contributed by atoms with Gasteiger partial charge in [0.2, 0.25) is 5.91 Å². The minimum absolute atomic E-state index is 0.00193. The second kappa shape index (κ2) is 10.7. The van der Waals surface area contributed by atoms with Crippen molar-refractivity contribution in [1.82, 2.24) is 14.8 Å². The van der Waals surface area contributed by atoms with Crippen LogP contribution in [0, 0.1) is 10.1 Å². The maximum absolute atomic E-state index is 13.0. The Hall–Kier alpha value is -5.11. The molecule has 0 unspecified atom stereocenters. The molecule has 0 fully saturated rings. The number of para-hydroxylation sites is 1. The van der Waals surface area contributed by atoms with Gasteiger partial charge in [0.15, 0.2) is 0 Å². The second-order valence-electron chi connectivity index (χ2n) is 8.54. The quantitative estimate of drug-likeness (QED) is 0.225. The lowest BCUT2D eigenvalue weighted by Gasteiger charge is -2.07. The van der Waals surface area contributed by atoms with Crippen molar-refractivity contribution in [3.05, 3.63) is 136 Å². The molecule has 0 aliphatic heterocycles. The summed E-state index contributed by atoms with van der Waals surface area (Å²) in [4.78, 5) is 27.7. The molecule has 5 rings (SSSR count). The van der Waals surface area contributed by atoms with E-state index < -0.39 is 4.92 Å². The molecule has 0 aliphatic rings. The second-order valence-corrected chi connectivity index (χ2v) is 8.54. The number of nitrogens with zero attached hydrogens (tertiary/aromatic N) is 4. The zero-order chi connectivity index (χ0) is 25.6. The molecule has 182 valence electrons. The number of hydrogen-bond acceptors (Lipinski definition) is 5. The maximum atomic E-state index is 13.0. The Morgan fingerprint density at radius 2 is 1.54 bits per heavy atom. The lowest BCUT2D eigenvalue weighted by atomic mass is 10.0. The third-order valence-electron chi connectivity index (χ3n) is 5.91. The zero-order valence-corrected chi connectivity index (χ0v) is 19.8. The van der Waals surface area contributed by atoms with Crippen LogP contribution in [0.5, 0.6) is 0 Å². The number of benzene rings is 3. The number of anilines is 1. The summed E-state index contributed by atoms with van der Waals surface area (Å²) in [5, 5.41) is 18.7. The fraction of sp³-hybridized carbons (Fsp3) is 0.0690. The van der Waals surface area contributed by atoms with Crippen molar-refractivity contribution in [3.63, 3.8) is 0 Å². The maximum Gasteiger partial charge on any atom is 0.269 e. The van der Waals surface area contributed by atoms with E-state index in [9.17, 15) is 14.9 Å². The summed E-state index contributed by atoms with van der Waals surface area (Å²) >= 11 is 0. The summed E-state index contributed by atoms with van der Waals surface area (Å²) < 4.78 is 1.72. The molecule has 37 heavy (non-hydrogen) atoms. The van der Waals surface area contributed by atoms with Gasteiger partial charge in [-0.1, -0.05) is 30.3 Å². The number of hydrogen-bond donors (Lipinski definition) is 1. The van der Waals surface area contributed by atoms with Crippen LogP contribution in [-0.2, 0) is 17.6 Å². The number of carbonyl (C=O) groups excluding carboxylic acids is 1. The van der Waals surface area contributed by atoms with Crippen LogP contribution in [-0.4, -0.2) is 25.6 Å². The summed E-state index contributed by atoms with van der Waals surface area (Å²) in [6.45, 7) is 0. The Labute approximate surface area is 213 Å². The highest BCUT2D eigenvalue weighted by Gasteiger charge is 2.17. The van der Waals surface area contributed by atoms with Gasteiger partial charge < -0.3 is 5.32 Å². The first-order valence-electron chi connectivity index (χ1n) is 11.7. The minimum Gasteiger partial charge on any atom is -0.326 e. The van der Waals surface area contributed by atoms with Crippen LogP contribution in [0.4, 0.5) is 11.4 Å². The SMILES string of the molecule is O=C(Cc1cn(-c2ccccc2)nc1-c1ccc([N+](=O)[O-])cc1)Nc1ccc(Cc2ccncc2)cc1. The molecule has 0 atom stereocenters. The van der Waals surface area contributed by atoms with Crippen LogP contribution >= 0.6 is 0 Å². The van der Waals surface area contributed by atoms with Crippen molar-refractivity contribution in [3.8, 4) is 16.9 Å². The van der Waals surface area contributed by atoms with Gasteiger partial charge in [-0.3, -0.25) is 19.9 Å². The van der Waals surface area contributed by atoms with E-state index in [1.54, 1.807) is 29.2 Å². The number of nitro benzene ring substituents is 1. The number of amides is 1. The first-order chi connectivity index (χ1) is 18.0. The predicted octanol–water partition coefficient (Wildman–Crippen LogP) is 5.61. The normalized spacial score (nSPS) is 10.7. The standard InChI is InChI=1S/C29H23N5O3/c35-28(31-25-10-6-21(7-11-25)18-22-14-16-30-17-15-22)19-24-20-33(26-4-2-1-3-5-26)32-29(24)23-8-12-27(13-9-23)34(36)37/h1-17,20H,18-19H2,(H,31,35). The van der Waals surface area contributed by atoms with Gasteiger partial charge in [0.05, 0.1) is 22.7 Å². The van der Waals surface area contributed by atoms with Gasteiger partial charge >= 0.3 is 0 Å². The molecule has 0 bridgehead atoms. The van der Waals surface area contributed by atoms with Gasteiger partial charge in [0, 0.05) is 47.5 Å². The van der Waals surface area contributed by atoms with E-state index in [1.807, 2.05) is 72.9 Å². The summed E-state index contributed by atoms with van der Waals surface area (Å²) in [6.07, 6.45) is 6.25. The van der Waals surface area contributed by atoms with E-state index in [-0.39, 0.29) is 18.0 Å². The van der Waals surface area contributed by atoms with Gasteiger partial charge in [-0.25, -0.2) is 4.68 Å². The molecular weight excluding hydrogens is 466 g/mol. The van der Waals surface area contributed by atoms with E-state index >= 15 is 0 Å². The number of pyridine rings is 1. The van der Waals surface area contributed by atoms with Crippen LogP contribution in [0.25, 0.3) is 16.9 Å². The lowest BCUT2D eigenvalue weighted by molar-refractivity contribution is -0.384. The first kappa shape index (κ1) is 23.6. The van der Waals surface area contributed by atoms with Crippen molar-refractivity contribution < 1.29 is 9.72 Å². The molecule has 3 aromatic carbocycles. The Bertz CT molecular complexity index is 1510. The van der Waals surface area contributed by atoms with Crippen molar-refractivity contribution in [2.45, 2.75) is 12.8 Å². The Balaban J connectivity index is 1.35. The Morgan fingerprint density at radius 3 is 2.22 bits per heavy atom. The van der Waals surface area contributed by atoms with Crippen molar-refractivity contribution in [2.24, 2.45) is 0 Å². The molecule has 0 saturated carbocycles. The van der Waals surface area contributed by atoms with Crippen molar-refractivity contribution >= 4 is 17.3 Å². The molecule has 0 saturated heterocycles. The third-order valence-corrected chi connectivity index (χ3v) is 5.91. The summed E-state index contributed by atoms with van der Waals surface area (Å²) in [6, 6.07) is 27.5. The highest BCUT2D eigenvalue weighted by Crippen LogP contribution is 2.26. The van der Waals surface area contributed by atoms with Crippen LogP contribution in [0.2, 0.25) is 0 Å². The molecule has 0 radical (unpaired) electrons. The van der Waals surface area contributed by atoms with Crippen LogP contribution < -0.4 is 5.32 Å². The Morgan fingerprint density at radius 1 is 0.865 bits per heavy atom. The zero-order valence-electron chi connectivity index (χ0n) is 19.8. The van der Waals surface area contributed by atoms with Gasteiger partial charge in [-0.15, -0.1) is 0 Å². The van der Waals surface area contributed by atoms with Crippen LogP contribution in [0.15, 0.2) is 110 Å². The van der Waals surface area contributed by atoms with E-state index in [2.05, 4.69) is 10.3 Å². The monoisotopic (exact) mass is 489 g/mol. The van der Waals surface area contributed by atoms with E-state index in [4.69, 9.17) is 5.10 Å². The van der Waals surface area contributed by atoms with Gasteiger partial charge in [-0.05, 0) is 66.1 Å². The van der Waals surface area contributed by atoms with Crippen LogP contribution in [0.3, 0.4) is 0 Å². The van der Waals surface area contributed by atoms with Gasteiger partial charge in [0.1, 0.15) is 0 Å². The summed E-state index contributed by atoms with van der Waals surface area (Å²) in [5.41, 5.74) is 5.86. The van der Waals surface area contributed by atoms with Crippen molar-refractivity contribution in [2.75, 3.05) is 5.32 Å². The molecule has 8 nitrogen and oxygen atoms in total. The van der Waals surface area contributed by atoms with Gasteiger partial charge in [-0.2, -0.15) is 5.10 Å². The lowest BCUT2D eigenvalue weighted by Crippen LogP contribution is -2.14. The molecule has 1 amide bonds. The van der Waals surface area contributed by atoms with E-state index in [0.717, 1.165) is 17.7 Å². The topological polar surface area (TPSA) is 103 Å². The summed E-state index contributed by atoms with van der Waals surface area (Å²) in [5.74, 6) is -0.183. The smallest absolute Gasteiger partial charge is 0.269 e. The molecule has 5 aromatic rings. The van der Waals surface area contributed by atoms with E-state index in [1.165, 1.54) is 17.7 Å². The molecule has 0 aliphatic carbocycles. The number of non-ortho nitro benzene ring substituents is 1. The fourth-order valence-corrected chi connectivity index (χ4v) is 4.06. The molecular formula is C29H23N5O3. The number of nitro groups is 1. The molecule has 2 heterocycles. The van der Waals surface area contributed by atoms with Gasteiger partial charge in [0.25, 0.3) is 5.69 Å². The van der Waals surface area contributed by atoms with Crippen molar-refractivity contribution in [1.29, 1.82) is 0 Å². The minimum atomic E-state index is -0.441. The summed E-state index contributed by atoms with van der Waals surface area (Å²) in [7, 11) is 0. The molecule has 1 N–H and O–H groups in total.